The van der Waals surface area contributed by atoms with Crippen LogP contribution in [0.15, 0.2) is 18.5 Å². The Kier molecular flexibility index (Phi) is 4.17. The highest BCUT2D eigenvalue weighted by molar-refractivity contribution is 9.09. The van der Waals surface area contributed by atoms with E-state index in [-0.39, 0.29) is 4.83 Å². The SMILES string of the molecule is Cc1nc(C)c(C(Br)Cc2ccncc2Cl)s1. The predicted octanol–water partition coefficient (Wildman–Crippen LogP) is 4.49. The summed E-state index contributed by atoms with van der Waals surface area (Å²) in [6, 6.07) is 1.96. The summed E-state index contributed by atoms with van der Waals surface area (Å²) in [7, 11) is 0. The molecule has 1 unspecified atom stereocenters. The normalized spacial score (nSPS) is 12.7. The third-order valence-corrected chi connectivity index (χ3v) is 5.09. The minimum atomic E-state index is 0.258. The van der Waals surface area contributed by atoms with E-state index in [4.69, 9.17) is 11.6 Å². The maximum absolute atomic E-state index is 6.11. The molecule has 0 bridgehead atoms. The molecule has 2 rings (SSSR count). The van der Waals surface area contributed by atoms with Gasteiger partial charge in [0.2, 0.25) is 0 Å². The number of hydrogen-bond donors (Lipinski definition) is 0. The second-order valence-corrected chi connectivity index (χ2v) is 6.57. The van der Waals surface area contributed by atoms with Gasteiger partial charge in [-0.15, -0.1) is 11.3 Å². The fourth-order valence-electron chi connectivity index (χ4n) is 1.69. The maximum Gasteiger partial charge on any atom is 0.0900 e. The molecule has 0 aliphatic rings. The van der Waals surface area contributed by atoms with Gasteiger partial charge in [-0.05, 0) is 31.9 Å². The second-order valence-electron chi connectivity index (χ2n) is 3.82. The molecule has 5 heteroatoms. The number of alkyl halides is 1. The van der Waals surface area contributed by atoms with Gasteiger partial charge in [-0.2, -0.15) is 0 Å². The van der Waals surface area contributed by atoms with Crippen LogP contribution >= 0.6 is 38.9 Å². The number of aryl methyl sites for hydroxylation is 2. The van der Waals surface area contributed by atoms with Crippen LogP contribution in [-0.4, -0.2) is 9.97 Å². The number of nitrogens with zero attached hydrogens (tertiary/aromatic N) is 2. The second kappa shape index (κ2) is 5.46. The van der Waals surface area contributed by atoms with Crippen LogP contribution in [0.2, 0.25) is 5.02 Å². The minimum Gasteiger partial charge on any atom is -0.263 e. The van der Waals surface area contributed by atoms with E-state index in [1.807, 2.05) is 19.9 Å². The molecule has 1 atom stereocenters. The Balaban J connectivity index is 2.20. The molecule has 0 spiro atoms. The van der Waals surface area contributed by atoms with Crippen LogP contribution in [0.5, 0.6) is 0 Å². The van der Waals surface area contributed by atoms with Crippen LogP contribution in [0.1, 0.15) is 26.0 Å². The number of hydrogen-bond acceptors (Lipinski definition) is 3. The summed E-state index contributed by atoms with van der Waals surface area (Å²) in [4.78, 5) is 9.96. The summed E-state index contributed by atoms with van der Waals surface area (Å²) in [5.74, 6) is 0. The van der Waals surface area contributed by atoms with Gasteiger partial charge in [-0.3, -0.25) is 4.98 Å². The average Bonchev–Trinajstić information content (AvgIpc) is 2.61. The third kappa shape index (κ3) is 3.06. The molecule has 0 aliphatic carbocycles. The van der Waals surface area contributed by atoms with Crippen molar-refractivity contribution in [2.24, 2.45) is 0 Å². The highest BCUT2D eigenvalue weighted by Crippen LogP contribution is 2.34. The van der Waals surface area contributed by atoms with E-state index in [9.17, 15) is 0 Å². The van der Waals surface area contributed by atoms with Crippen LogP contribution in [0.25, 0.3) is 0 Å². The zero-order valence-electron chi connectivity index (χ0n) is 9.58. The molecule has 0 aliphatic heterocycles. The molecule has 0 amide bonds. The van der Waals surface area contributed by atoms with E-state index < -0.39 is 0 Å². The van der Waals surface area contributed by atoms with Gasteiger partial charge in [0.05, 0.1) is 20.6 Å². The van der Waals surface area contributed by atoms with Gasteiger partial charge in [-0.1, -0.05) is 27.5 Å². The van der Waals surface area contributed by atoms with E-state index in [0.717, 1.165) is 27.7 Å². The third-order valence-electron chi connectivity index (χ3n) is 2.48. The molecule has 2 nitrogen and oxygen atoms in total. The molecule has 0 fully saturated rings. The molecule has 2 heterocycles. The van der Waals surface area contributed by atoms with Gasteiger partial charge < -0.3 is 0 Å². The molecule has 0 saturated heterocycles. The van der Waals surface area contributed by atoms with Gasteiger partial charge in [0.15, 0.2) is 0 Å². The van der Waals surface area contributed by atoms with Crippen LogP contribution < -0.4 is 0 Å². The number of pyridine rings is 1. The Labute approximate surface area is 118 Å². The van der Waals surface area contributed by atoms with Gasteiger partial charge in [0.1, 0.15) is 0 Å². The van der Waals surface area contributed by atoms with Gasteiger partial charge in [-0.25, -0.2) is 4.98 Å². The average molecular weight is 332 g/mol. The highest BCUT2D eigenvalue weighted by Gasteiger charge is 2.16. The number of thiazole rings is 1. The maximum atomic E-state index is 6.11. The Morgan fingerprint density at radius 3 is 2.82 bits per heavy atom. The van der Waals surface area contributed by atoms with Gasteiger partial charge in [0.25, 0.3) is 0 Å². The summed E-state index contributed by atoms with van der Waals surface area (Å²) in [6.45, 7) is 4.07. The van der Waals surface area contributed by atoms with Crippen molar-refractivity contribution in [1.82, 2.24) is 9.97 Å². The van der Waals surface area contributed by atoms with Crippen LogP contribution in [-0.2, 0) is 6.42 Å². The first kappa shape index (κ1) is 13.0. The topological polar surface area (TPSA) is 25.8 Å². The molecule has 17 heavy (non-hydrogen) atoms. The summed E-state index contributed by atoms with van der Waals surface area (Å²) >= 11 is 11.5. The van der Waals surface area contributed by atoms with E-state index in [1.165, 1.54) is 4.88 Å². The molecule has 0 radical (unpaired) electrons. The van der Waals surface area contributed by atoms with Crippen LogP contribution in [0.3, 0.4) is 0 Å². The summed E-state index contributed by atoms with van der Waals surface area (Å²) in [5.41, 5.74) is 2.20. The first-order valence-corrected chi connectivity index (χ1v) is 7.35. The van der Waals surface area contributed by atoms with E-state index in [2.05, 4.69) is 25.9 Å². The van der Waals surface area contributed by atoms with Crippen molar-refractivity contribution >= 4 is 38.9 Å². The summed E-state index contributed by atoms with van der Waals surface area (Å²) in [6.07, 6.45) is 4.30. The molecular weight excluding hydrogens is 320 g/mol. The zero-order chi connectivity index (χ0) is 12.4. The highest BCUT2D eigenvalue weighted by atomic mass is 79.9. The van der Waals surface area contributed by atoms with Crippen LogP contribution in [0.4, 0.5) is 0 Å². The van der Waals surface area contributed by atoms with E-state index >= 15 is 0 Å². The lowest BCUT2D eigenvalue weighted by Crippen LogP contribution is -1.96. The van der Waals surface area contributed by atoms with E-state index in [0.29, 0.717) is 0 Å². The Morgan fingerprint density at radius 1 is 1.47 bits per heavy atom. The quantitative estimate of drug-likeness (QED) is 0.775. The molecule has 2 aromatic heterocycles. The molecule has 2 aromatic rings. The van der Waals surface area contributed by atoms with Crippen molar-refractivity contribution in [2.75, 3.05) is 0 Å². The first-order valence-electron chi connectivity index (χ1n) is 5.24. The van der Waals surface area contributed by atoms with Crippen molar-refractivity contribution < 1.29 is 0 Å². The zero-order valence-corrected chi connectivity index (χ0v) is 12.7. The standard InChI is InChI=1S/C12H12BrClN2S/c1-7-12(17-8(2)16-7)10(13)5-9-3-4-15-6-11(9)14/h3-4,6,10H,5H2,1-2H3. The molecule has 0 N–H and O–H groups in total. The number of aromatic nitrogens is 2. The fourth-order valence-corrected chi connectivity index (χ4v) is 3.76. The molecular formula is C12H12BrClN2S. The number of rotatable bonds is 3. The van der Waals surface area contributed by atoms with Crippen molar-refractivity contribution in [3.05, 3.63) is 44.6 Å². The smallest absolute Gasteiger partial charge is 0.0900 e. The Hall–Kier alpha value is -0.450. The monoisotopic (exact) mass is 330 g/mol. The first-order chi connectivity index (χ1) is 8.08. The van der Waals surface area contributed by atoms with Crippen molar-refractivity contribution in [2.45, 2.75) is 25.1 Å². The summed E-state index contributed by atoms with van der Waals surface area (Å²) in [5, 5.41) is 1.82. The van der Waals surface area contributed by atoms with Gasteiger partial charge >= 0.3 is 0 Å². The largest absolute Gasteiger partial charge is 0.263 e. The number of halogens is 2. The molecule has 90 valence electrons. The molecule has 0 aromatic carbocycles. The van der Waals surface area contributed by atoms with Crippen molar-refractivity contribution in [3.63, 3.8) is 0 Å². The molecule has 0 saturated carbocycles. The lowest BCUT2D eigenvalue weighted by Gasteiger charge is -2.09. The van der Waals surface area contributed by atoms with Crippen molar-refractivity contribution in [3.8, 4) is 0 Å². The van der Waals surface area contributed by atoms with E-state index in [1.54, 1.807) is 23.7 Å². The lowest BCUT2D eigenvalue weighted by molar-refractivity contribution is 0.946. The Morgan fingerprint density at radius 2 is 2.24 bits per heavy atom. The fraction of sp³-hybridized carbons (Fsp3) is 0.333. The predicted molar refractivity (Wildman–Crippen MR) is 76.2 cm³/mol. The minimum absolute atomic E-state index is 0.258. The lowest BCUT2D eigenvalue weighted by atomic mass is 10.1. The van der Waals surface area contributed by atoms with Gasteiger partial charge in [0, 0.05) is 17.3 Å². The van der Waals surface area contributed by atoms with Crippen LogP contribution in [0, 0.1) is 13.8 Å². The Bertz CT molecular complexity index is 527. The summed E-state index contributed by atoms with van der Waals surface area (Å²) < 4.78 is 0. The van der Waals surface area contributed by atoms with Crippen molar-refractivity contribution in [1.29, 1.82) is 0 Å².